The van der Waals surface area contributed by atoms with Gasteiger partial charge in [-0.15, -0.1) is 0 Å². The van der Waals surface area contributed by atoms with Crippen molar-refractivity contribution in [3.8, 4) is 0 Å². The monoisotopic (exact) mass is 222 g/mol. The molecule has 0 bridgehead atoms. The molecule has 1 saturated heterocycles. The molecule has 1 aliphatic rings. The van der Waals surface area contributed by atoms with Gasteiger partial charge in [0, 0.05) is 31.1 Å². The van der Waals surface area contributed by atoms with Crippen LogP contribution < -0.4 is 11.3 Å². The van der Waals surface area contributed by atoms with Crippen molar-refractivity contribution in [2.45, 2.75) is 38.3 Å². The minimum absolute atomic E-state index is 0.0153. The number of hydrogen-bond donors (Lipinski definition) is 1. The first kappa shape index (κ1) is 11.2. The van der Waals surface area contributed by atoms with Crippen LogP contribution in [0.2, 0.25) is 0 Å². The summed E-state index contributed by atoms with van der Waals surface area (Å²) in [6.07, 6.45) is 6.43. The Hall–Kier alpha value is -1.29. The van der Waals surface area contributed by atoms with Gasteiger partial charge in [0.1, 0.15) is 0 Å². The molecule has 2 heterocycles. The van der Waals surface area contributed by atoms with Crippen molar-refractivity contribution >= 4 is 5.69 Å². The number of ether oxygens (including phenoxy) is 1. The molecule has 0 spiro atoms. The van der Waals surface area contributed by atoms with E-state index in [1.165, 1.54) is 12.5 Å². The topological polar surface area (TPSA) is 57.2 Å². The van der Waals surface area contributed by atoms with Crippen LogP contribution in [0.15, 0.2) is 23.1 Å². The highest BCUT2D eigenvalue weighted by atomic mass is 16.5. The standard InChI is InChI=1S/C12H18N2O2/c13-10-5-6-12(15)14(9-10)7-1-3-11-4-2-8-16-11/h5-6,9,11H,1-4,7-8,13H2. The first-order valence-electron chi connectivity index (χ1n) is 5.83. The van der Waals surface area contributed by atoms with E-state index in [0.717, 1.165) is 32.4 Å². The summed E-state index contributed by atoms with van der Waals surface area (Å²) in [4.78, 5) is 11.5. The van der Waals surface area contributed by atoms with E-state index >= 15 is 0 Å². The van der Waals surface area contributed by atoms with E-state index in [4.69, 9.17) is 10.5 Å². The van der Waals surface area contributed by atoms with Crippen LogP contribution in [-0.4, -0.2) is 17.3 Å². The molecule has 0 amide bonds. The Morgan fingerprint density at radius 2 is 2.38 bits per heavy atom. The molecule has 0 aromatic carbocycles. The van der Waals surface area contributed by atoms with E-state index in [9.17, 15) is 4.79 Å². The highest BCUT2D eigenvalue weighted by Gasteiger charge is 2.14. The zero-order valence-corrected chi connectivity index (χ0v) is 9.39. The Balaban J connectivity index is 1.84. The Labute approximate surface area is 95.0 Å². The fourth-order valence-electron chi connectivity index (χ4n) is 2.09. The molecule has 0 saturated carbocycles. The number of aryl methyl sites for hydroxylation is 1. The van der Waals surface area contributed by atoms with Crippen LogP contribution in [0.25, 0.3) is 0 Å². The van der Waals surface area contributed by atoms with Crippen LogP contribution in [0.5, 0.6) is 0 Å². The maximum Gasteiger partial charge on any atom is 0.250 e. The summed E-state index contributed by atoms with van der Waals surface area (Å²) < 4.78 is 7.20. The lowest BCUT2D eigenvalue weighted by atomic mass is 10.1. The normalized spacial score (nSPS) is 20.1. The lowest BCUT2D eigenvalue weighted by molar-refractivity contribution is 0.101. The van der Waals surface area contributed by atoms with Crippen molar-refractivity contribution in [1.29, 1.82) is 0 Å². The molecule has 0 radical (unpaired) electrons. The van der Waals surface area contributed by atoms with Gasteiger partial charge < -0.3 is 15.0 Å². The molecule has 1 fully saturated rings. The van der Waals surface area contributed by atoms with Gasteiger partial charge in [0.15, 0.2) is 0 Å². The van der Waals surface area contributed by atoms with Crippen molar-refractivity contribution in [3.63, 3.8) is 0 Å². The molecule has 1 atom stereocenters. The summed E-state index contributed by atoms with van der Waals surface area (Å²) in [6.45, 7) is 1.62. The van der Waals surface area contributed by atoms with Crippen LogP contribution in [-0.2, 0) is 11.3 Å². The van der Waals surface area contributed by atoms with E-state index in [-0.39, 0.29) is 5.56 Å². The van der Waals surface area contributed by atoms with E-state index in [0.29, 0.717) is 11.8 Å². The average Bonchev–Trinajstić information content (AvgIpc) is 2.76. The molecule has 1 aromatic heterocycles. The van der Waals surface area contributed by atoms with Crippen LogP contribution >= 0.6 is 0 Å². The van der Waals surface area contributed by atoms with Gasteiger partial charge in [-0.25, -0.2) is 0 Å². The predicted molar refractivity (Wildman–Crippen MR) is 63.3 cm³/mol. The molecule has 4 heteroatoms. The third-order valence-corrected chi connectivity index (χ3v) is 2.96. The minimum Gasteiger partial charge on any atom is -0.398 e. The number of pyridine rings is 1. The van der Waals surface area contributed by atoms with Gasteiger partial charge >= 0.3 is 0 Å². The third-order valence-electron chi connectivity index (χ3n) is 2.96. The second-order valence-corrected chi connectivity index (χ2v) is 4.27. The summed E-state index contributed by atoms with van der Waals surface area (Å²) in [5.41, 5.74) is 6.29. The molecule has 16 heavy (non-hydrogen) atoms. The van der Waals surface area contributed by atoms with Crippen molar-refractivity contribution in [2.75, 3.05) is 12.3 Å². The highest BCUT2D eigenvalue weighted by molar-refractivity contribution is 5.33. The smallest absolute Gasteiger partial charge is 0.250 e. The Morgan fingerprint density at radius 3 is 3.12 bits per heavy atom. The van der Waals surface area contributed by atoms with Crippen molar-refractivity contribution < 1.29 is 4.74 Å². The molecule has 2 N–H and O–H groups in total. The molecular weight excluding hydrogens is 204 g/mol. The second kappa shape index (κ2) is 5.16. The third kappa shape index (κ3) is 2.85. The molecule has 1 aromatic rings. The summed E-state index contributed by atoms with van der Waals surface area (Å²) in [7, 11) is 0. The Bertz CT molecular complexity index is 394. The predicted octanol–water partition coefficient (Wildman–Crippen LogP) is 1.39. The maximum atomic E-state index is 11.5. The van der Waals surface area contributed by atoms with E-state index in [1.54, 1.807) is 16.8 Å². The summed E-state index contributed by atoms with van der Waals surface area (Å²) >= 11 is 0. The van der Waals surface area contributed by atoms with Crippen LogP contribution in [0, 0.1) is 0 Å². The Morgan fingerprint density at radius 1 is 1.50 bits per heavy atom. The number of aromatic nitrogens is 1. The summed E-state index contributed by atoms with van der Waals surface area (Å²) in [5.74, 6) is 0. The molecule has 1 unspecified atom stereocenters. The van der Waals surface area contributed by atoms with E-state index in [1.807, 2.05) is 0 Å². The van der Waals surface area contributed by atoms with Crippen LogP contribution in [0.1, 0.15) is 25.7 Å². The zero-order valence-electron chi connectivity index (χ0n) is 9.39. The highest BCUT2D eigenvalue weighted by Crippen LogP contribution is 2.16. The van der Waals surface area contributed by atoms with Crippen LogP contribution in [0.4, 0.5) is 5.69 Å². The molecular formula is C12H18N2O2. The fraction of sp³-hybridized carbons (Fsp3) is 0.583. The lowest BCUT2D eigenvalue weighted by Gasteiger charge is -2.10. The first-order chi connectivity index (χ1) is 7.75. The molecule has 4 nitrogen and oxygen atoms in total. The maximum absolute atomic E-state index is 11.5. The number of rotatable bonds is 4. The lowest BCUT2D eigenvalue weighted by Crippen LogP contribution is -2.19. The average molecular weight is 222 g/mol. The van der Waals surface area contributed by atoms with Gasteiger partial charge in [-0.3, -0.25) is 4.79 Å². The van der Waals surface area contributed by atoms with Gasteiger partial charge in [0.05, 0.1) is 6.10 Å². The summed E-state index contributed by atoms with van der Waals surface area (Å²) in [6, 6.07) is 3.15. The van der Waals surface area contributed by atoms with Gasteiger partial charge in [-0.2, -0.15) is 0 Å². The number of nitrogens with zero attached hydrogens (tertiary/aromatic N) is 1. The van der Waals surface area contributed by atoms with Crippen molar-refractivity contribution in [2.24, 2.45) is 0 Å². The van der Waals surface area contributed by atoms with Gasteiger partial charge in [0.2, 0.25) is 0 Å². The quantitative estimate of drug-likeness (QED) is 0.837. The van der Waals surface area contributed by atoms with Crippen LogP contribution in [0.3, 0.4) is 0 Å². The van der Waals surface area contributed by atoms with Crippen molar-refractivity contribution in [3.05, 3.63) is 28.7 Å². The zero-order chi connectivity index (χ0) is 11.4. The molecule has 1 aliphatic heterocycles. The fourth-order valence-corrected chi connectivity index (χ4v) is 2.09. The number of nitrogens with two attached hydrogens (primary N) is 1. The largest absolute Gasteiger partial charge is 0.398 e. The molecule has 88 valence electrons. The van der Waals surface area contributed by atoms with E-state index in [2.05, 4.69) is 0 Å². The molecule has 2 rings (SSSR count). The molecule has 0 aliphatic carbocycles. The Kier molecular flexibility index (Phi) is 3.62. The van der Waals surface area contributed by atoms with Crippen molar-refractivity contribution in [1.82, 2.24) is 4.57 Å². The number of nitrogen functional groups attached to an aromatic ring is 1. The van der Waals surface area contributed by atoms with E-state index < -0.39 is 0 Å². The first-order valence-corrected chi connectivity index (χ1v) is 5.83. The second-order valence-electron chi connectivity index (χ2n) is 4.27. The summed E-state index contributed by atoms with van der Waals surface area (Å²) in [5, 5.41) is 0. The minimum atomic E-state index is 0.0153. The number of anilines is 1. The SMILES string of the molecule is Nc1ccc(=O)n(CCCC2CCCO2)c1. The van der Waals surface area contributed by atoms with Gasteiger partial charge in [-0.1, -0.05) is 0 Å². The van der Waals surface area contributed by atoms with Gasteiger partial charge in [-0.05, 0) is 31.7 Å². The van der Waals surface area contributed by atoms with Gasteiger partial charge in [0.25, 0.3) is 5.56 Å². The number of hydrogen-bond acceptors (Lipinski definition) is 3.